The van der Waals surface area contributed by atoms with Gasteiger partial charge in [-0.25, -0.2) is 4.99 Å². The third kappa shape index (κ3) is 3.51. The SMILES string of the molecule is NC(=N[C@@H]1C[C@H]1c1ccc(Br)s1)NC1CCCCC1. The van der Waals surface area contributed by atoms with Crippen LogP contribution in [0.15, 0.2) is 20.9 Å². The van der Waals surface area contributed by atoms with Crippen LogP contribution in [0, 0.1) is 0 Å². The quantitative estimate of drug-likeness (QED) is 0.651. The zero-order valence-corrected chi connectivity index (χ0v) is 13.3. The van der Waals surface area contributed by atoms with E-state index in [0.29, 0.717) is 24.0 Å². The van der Waals surface area contributed by atoms with Crippen LogP contribution >= 0.6 is 27.3 Å². The third-order valence-corrected chi connectivity index (χ3v) is 5.73. The molecular weight excluding hydrogens is 322 g/mol. The highest BCUT2D eigenvalue weighted by Crippen LogP contribution is 2.46. The van der Waals surface area contributed by atoms with E-state index in [1.807, 2.05) is 11.3 Å². The number of rotatable bonds is 3. The van der Waals surface area contributed by atoms with E-state index in [1.54, 1.807) is 0 Å². The van der Waals surface area contributed by atoms with Gasteiger partial charge in [-0.1, -0.05) is 19.3 Å². The number of guanidine groups is 1. The maximum atomic E-state index is 6.02. The molecule has 0 spiro atoms. The van der Waals surface area contributed by atoms with Gasteiger partial charge in [0.25, 0.3) is 0 Å². The molecule has 0 saturated heterocycles. The lowest BCUT2D eigenvalue weighted by Crippen LogP contribution is -2.41. The Hall–Kier alpha value is -0.550. The van der Waals surface area contributed by atoms with Gasteiger partial charge < -0.3 is 11.1 Å². The number of nitrogens with zero attached hydrogens (tertiary/aromatic N) is 1. The number of hydrogen-bond donors (Lipinski definition) is 2. The minimum absolute atomic E-state index is 0.390. The van der Waals surface area contributed by atoms with E-state index < -0.39 is 0 Å². The van der Waals surface area contributed by atoms with Crippen molar-refractivity contribution in [1.82, 2.24) is 5.32 Å². The molecule has 0 amide bonds. The summed E-state index contributed by atoms with van der Waals surface area (Å²) in [6, 6.07) is 5.25. The van der Waals surface area contributed by atoms with E-state index in [2.05, 4.69) is 38.4 Å². The van der Waals surface area contributed by atoms with Gasteiger partial charge in [0, 0.05) is 16.8 Å². The van der Waals surface area contributed by atoms with Crippen molar-refractivity contribution in [1.29, 1.82) is 0 Å². The smallest absolute Gasteiger partial charge is 0.189 e. The van der Waals surface area contributed by atoms with Gasteiger partial charge in [0.05, 0.1) is 9.83 Å². The Balaban J connectivity index is 1.52. The number of aliphatic imine (C=N–C) groups is 1. The van der Waals surface area contributed by atoms with E-state index in [4.69, 9.17) is 5.73 Å². The maximum absolute atomic E-state index is 6.02. The first-order chi connectivity index (χ1) is 9.22. The molecule has 0 unspecified atom stereocenters. The molecule has 0 radical (unpaired) electrons. The summed E-state index contributed by atoms with van der Waals surface area (Å²) in [5, 5.41) is 3.39. The van der Waals surface area contributed by atoms with E-state index in [0.717, 1.165) is 6.42 Å². The van der Waals surface area contributed by atoms with Gasteiger partial charge in [0.1, 0.15) is 0 Å². The molecule has 3 nitrogen and oxygen atoms in total. The molecule has 3 N–H and O–H groups in total. The summed E-state index contributed by atoms with van der Waals surface area (Å²) in [7, 11) is 0. The summed E-state index contributed by atoms with van der Waals surface area (Å²) in [6.45, 7) is 0. The van der Waals surface area contributed by atoms with Gasteiger partial charge in [0.2, 0.25) is 0 Å². The number of halogens is 1. The minimum Gasteiger partial charge on any atom is -0.370 e. The highest BCUT2D eigenvalue weighted by molar-refractivity contribution is 9.11. The average Bonchev–Trinajstić information content (AvgIpc) is 3.01. The summed E-state index contributed by atoms with van der Waals surface area (Å²) in [5.74, 6) is 1.23. The molecule has 2 fully saturated rings. The lowest BCUT2D eigenvalue weighted by atomic mass is 9.96. The highest BCUT2D eigenvalue weighted by atomic mass is 79.9. The van der Waals surface area contributed by atoms with Crippen molar-refractivity contribution in [2.45, 2.75) is 56.5 Å². The molecule has 5 heteroatoms. The number of nitrogens with two attached hydrogens (primary N) is 1. The fourth-order valence-corrected chi connectivity index (χ4v) is 4.42. The van der Waals surface area contributed by atoms with Crippen molar-refractivity contribution in [3.63, 3.8) is 0 Å². The Morgan fingerprint density at radius 3 is 2.79 bits per heavy atom. The Morgan fingerprint density at radius 1 is 1.32 bits per heavy atom. The van der Waals surface area contributed by atoms with Crippen molar-refractivity contribution >= 4 is 33.2 Å². The van der Waals surface area contributed by atoms with Crippen LogP contribution < -0.4 is 11.1 Å². The summed E-state index contributed by atoms with van der Waals surface area (Å²) in [5.41, 5.74) is 6.02. The van der Waals surface area contributed by atoms with Crippen LogP contribution in [0.3, 0.4) is 0 Å². The summed E-state index contributed by atoms with van der Waals surface area (Å²) in [4.78, 5) is 6.05. The van der Waals surface area contributed by atoms with Gasteiger partial charge >= 0.3 is 0 Å². The van der Waals surface area contributed by atoms with Crippen LogP contribution in [0.1, 0.15) is 49.3 Å². The minimum atomic E-state index is 0.390. The lowest BCUT2D eigenvalue weighted by Gasteiger charge is -2.23. The monoisotopic (exact) mass is 341 g/mol. The molecule has 3 rings (SSSR count). The first kappa shape index (κ1) is 13.4. The van der Waals surface area contributed by atoms with Crippen LogP contribution in [0.5, 0.6) is 0 Å². The van der Waals surface area contributed by atoms with Gasteiger partial charge in [-0.05, 0) is 47.3 Å². The Bertz CT molecular complexity index is 465. The van der Waals surface area contributed by atoms with Crippen LogP contribution in [-0.4, -0.2) is 18.0 Å². The van der Waals surface area contributed by atoms with E-state index in [-0.39, 0.29) is 0 Å². The molecule has 2 aliphatic carbocycles. The molecule has 0 bridgehead atoms. The van der Waals surface area contributed by atoms with Crippen molar-refractivity contribution in [2.24, 2.45) is 10.7 Å². The standard InChI is InChI=1S/C14H20BrN3S/c15-13-7-6-12(19-13)10-8-11(10)18-14(16)17-9-4-2-1-3-5-9/h6-7,9-11H,1-5,8H2,(H3,16,17,18)/t10-,11-/m1/s1. The number of thiophene rings is 1. The normalized spacial score (nSPS) is 28.4. The fraction of sp³-hybridized carbons (Fsp3) is 0.643. The van der Waals surface area contributed by atoms with Crippen molar-refractivity contribution < 1.29 is 0 Å². The van der Waals surface area contributed by atoms with Crippen molar-refractivity contribution in [3.05, 3.63) is 20.8 Å². The third-order valence-electron chi connectivity index (χ3n) is 3.98. The van der Waals surface area contributed by atoms with Crippen LogP contribution in [0.4, 0.5) is 0 Å². The van der Waals surface area contributed by atoms with Crippen molar-refractivity contribution in [2.75, 3.05) is 0 Å². The van der Waals surface area contributed by atoms with Crippen molar-refractivity contribution in [3.8, 4) is 0 Å². The predicted molar refractivity (Wildman–Crippen MR) is 84.8 cm³/mol. The molecule has 1 heterocycles. The van der Waals surface area contributed by atoms with Gasteiger partial charge in [-0.3, -0.25) is 0 Å². The Morgan fingerprint density at radius 2 is 2.11 bits per heavy atom. The molecule has 2 atom stereocenters. The number of hydrogen-bond acceptors (Lipinski definition) is 2. The molecule has 2 aliphatic rings. The zero-order valence-electron chi connectivity index (χ0n) is 10.9. The van der Waals surface area contributed by atoms with E-state index in [9.17, 15) is 0 Å². The summed E-state index contributed by atoms with van der Waals surface area (Å²) < 4.78 is 1.20. The van der Waals surface area contributed by atoms with E-state index >= 15 is 0 Å². The Kier molecular flexibility index (Phi) is 4.12. The Labute approximate surface area is 126 Å². The molecule has 19 heavy (non-hydrogen) atoms. The maximum Gasteiger partial charge on any atom is 0.189 e. The summed E-state index contributed by atoms with van der Waals surface area (Å²) in [6.07, 6.45) is 7.62. The molecule has 1 aromatic heterocycles. The van der Waals surface area contributed by atoms with Gasteiger partial charge in [0.15, 0.2) is 5.96 Å². The largest absolute Gasteiger partial charge is 0.370 e. The first-order valence-electron chi connectivity index (χ1n) is 7.07. The van der Waals surface area contributed by atoms with Crippen LogP contribution in [0.2, 0.25) is 0 Å². The molecule has 2 saturated carbocycles. The van der Waals surface area contributed by atoms with E-state index in [1.165, 1.54) is 40.8 Å². The average molecular weight is 342 g/mol. The van der Waals surface area contributed by atoms with Crippen LogP contribution in [-0.2, 0) is 0 Å². The second-order valence-electron chi connectivity index (χ2n) is 5.55. The second kappa shape index (κ2) is 5.83. The molecule has 0 aliphatic heterocycles. The van der Waals surface area contributed by atoms with Gasteiger partial charge in [-0.2, -0.15) is 0 Å². The lowest BCUT2D eigenvalue weighted by molar-refractivity contribution is 0.412. The molecule has 1 aromatic rings. The first-order valence-corrected chi connectivity index (χ1v) is 8.68. The summed E-state index contributed by atoms with van der Waals surface area (Å²) >= 11 is 5.32. The molecule has 104 valence electrons. The molecular formula is C14H20BrN3S. The van der Waals surface area contributed by atoms with Crippen LogP contribution in [0.25, 0.3) is 0 Å². The number of nitrogens with one attached hydrogen (secondary N) is 1. The fourth-order valence-electron chi connectivity index (χ4n) is 2.83. The van der Waals surface area contributed by atoms with Gasteiger partial charge in [-0.15, -0.1) is 11.3 Å². The zero-order chi connectivity index (χ0) is 13.2. The molecule has 0 aromatic carbocycles. The topological polar surface area (TPSA) is 50.4 Å². The highest BCUT2D eigenvalue weighted by Gasteiger charge is 2.39. The predicted octanol–water partition coefficient (Wildman–Crippen LogP) is 3.60. The second-order valence-corrected chi connectivity index (χ2v) is 8.04.